The van der Waals surface area contributed by atoms with E-state index in [0.717, 1.165) is 0 Å². The Bertz CT molecular complexity index is 423. The van der Waals surface area contributed by atoms with E-state index in [0.29, 0.717) is 6.42 Å². The molecule has 0 heterocycles. The van der Waals surface area contributed by atoms with Crippen LogP contribution in [0.15, 0.2) is 24.3 Å². The number of carbonyl (C=O) groups is 1. The second-order valence-corrected chi connectivity index (χ2v) is 4.81. The zero-order valence-electron chi connectivity index (χ0n) is 8.79. The van der Waals surface area contributed by atoms with Crippen LogP contribution in [0.5, 0.6) is 5.75 Å². The Balaban J connectivity index is 2.96. The van der Waals surface area contributed by atoms with E-state index < -0.39 is 13.6 Å². The monoisotopic (exact) mass is 244 g/mol. The fraction of sp³-hybridized carbons (Fsp3) is 0.300. The summed E-state index contributed by atoms with van der Waals surface area (Å²) in [5, 5.41) is -0.264. The Morgan fingerprint density at radius 1 is 1.38 bits per heavy atom. The first kappa shape index (κ1) is 12.9. The summed E-state index contributed by atoms with van der Waals surface area (Å²) in [4.78, 5) is 29.3. The summed E-state index contributed by atoms with van der Waals surface area (Å²) in [6.07, 6.45) is 0.840. The average Bonchev–Trinajstić information content (AvgIpc) is 2.17. The van der Waals surface area contributed by atoms with Crippen LogP contribution in [0.1, 0.15) is 19.8 Å². The van der Waals surface area contributed by atoms with Crippen LogP contribution in [-0.4, -0.2) is 15.8 Å². The van der Waals surface area contributed by atoms with Gasteiger partial charge < -0.3 is 14.5 Å². The molecular formula is C10H13O5P. The van der Waals surface area contributed by atoms with Crippen molar-refractivity contribution in [2.24, 2.45) is 0 Å². The summed E-state index contributed by atoms with van der Waals surface area (Å²) in [5.74, 6) is -0.572. The highest BCUT2D eigenvalue weighted by Gasteiger charge is 2.23. The number of ether oxygens (including phenoxy) is 1. The molecule has 88 valence electrons. The van der Waals surface area contributed by atoms with Crippen molar-refractivity contribution in [3.63, 3.8) is 0 Å². The third kappa shape index (κ3) is 3.45. The van der Waals surface area contributed by atoms with E-state index in [2.05, 4.69) is 0 Å². The molecule has 1 aromatic carbocycles. The second-order valence-electron chi connectivity index (χ2n) is 3.24. The van der Waals surface area contributed by atoms with Crippen molar-refractivity contribution >= 4 is 18.9 Å². The highest BCUT2D eigenvalue weighted by Crippen LogP contribution is 2.37. The van der Waals surface area contributed by atoms with Gasteiger partial charge in [0.15, 0.2) is 0 Å². The van der Waals surface area contributed by atoms with E-state index in [4.69, 9.17) is 14.5 Å². The molecule has 0 bridgehead atoms. The Kier molecular flexibility index (Phi) is 4.24. The van der Waals surface area contributed by atoms with E-state index in [1.165, 1.54) is 18.2 Å². The molecular weight excluding hydrogens is 231 g/mol. The first-order chi connectivity index (χ1) is 7.45. The minimum absolute atomic E-state index is 0.0747. The van der Waals surface area contributed by atoms with Crippen LogP contribution in [-0.2, 0) is 9.36 Å². The second kappa shape index (κ2) is 5.25. The number of hydrogen-bond acceptors (Lipinski definition) is 3. The largest absolute Gasteiger partial charge is 0.426 e. The maximum atomic E-state index is 11.2. The van der Waals surface area contributed by atoms with Gasteiger partial charge in [-0.25, -0.2) is 0 Å². The van der Waals surface area contributed by atoms with Gasteiger partial charge in [0.25, 0.3) is 0 Å². The minimum atomic E-state index is -4.41. The first-order valence-corrected chi connectivity index (χ1v) is 6.42. The summed E-state index contributed by atoms with van der Waals surface area (Å²) in [6, 6.07) is 5.64. The number of esters is 1. The fourth-order valence-electron chi connectivity index (χ4n) is 1.16. The number of benzene rings is 1. The van der Waals surface area contributed by atoms with Gasteiger partial charge in [0, 0.05) is 6.42 Å². The third-order valence-corrected chi connectivity index (χ3v) is 2.85. The lowest BCUT2D eigenvalue weighted by Crippen LogP contribution is -2.14. The summed E-state index contributed by atoms with van der Waals surface area (Å²) >= 11 is 0. The summed E-state index contributed by atoms with van der Waals surface area (Å²) < 4.78 is 16.0. The zero-order valence-corrected chi connectivity index (χ0v) is 9.68. The van der Waals surface area contributed by atoms with Gasteiger partial charge in [0.2, 0.25) is 0 Å². The van der Waals surface area contributed by atoms with Crippen molar-refractivity contribution in [3.05, 3.63) is 24.3 Å². The molecule has 16 heavy (non-hydrogen) atoms. The Hall–Kier alpha value is -1.16. The molecule has 0 atom stereocenters. The Morgan fingerprint density at radius 2 is 2.00 bits per heavy atom. The smallest absolute Gasteiger partial charge is 0.359 e. The van der Waals surface area contributed by atoms with Crippen LogP contribution in [0, 0.1) is 0 Å². The van der Waals surface area contributed by atoms with Crippen LogP contribution >= 0.6 is 7.60 Å². The quantitative estimate of drug-likeness (QED) is 0.472. The van der Waals surface area contributed by atoms with Gasteiger partial charge in [-0.3, -0.25) is 9.36 Å². The molecule has 1 aromatic rings. The van der Waals surface area contributed by atoms with E-state index in [9.17, 15) is 9.36 Å². The van der Waals surface area contributed by atoms with E-state index in [1.54, 1.807) is 6.07 Å². The molecule has 0 aliphatic carbocycles. The van der Waals surface area contributed by atoms with Crippen LogP contribution < -0.4 is 10.0 Å². The van der Waals surface area contributed by atoms with Crippen LogP contribution in [0.25, 0.3) is 0 Å². The predicted molar refractivity (Wildman–Crippen MR) is 58.7 cm³/mol. The molecule has 1 rings (SSSR count). The van der Waals surface area contributed by atoms with Crippen molar-refractivity contribution in [1.29, 1.82) is 0 Å². The standard InChI is InChI=1S/C10H13O5P/c1-2-5-10(11)15-8-6-3-4-7-9(8)16(12,13)14/h3-4,6-7H,2,5H2,1H3,(H2,12,13,14). The summed E-state index contributed by atoms with van der Waals surface area (Å²) in [7, 11) is -4.41. The molecule has 0 fully saturated rings. The molecule has 5 nitrogen and oxygen atoms in total. The lowest BCUT2D eigenvalue weighted by atomic mass is 10.3. The van der Waals surface area contributed by atoms with Crippen molar-refractivity contribution in [1.82, 2.24) is 0 Å². The number of carbonyl (C=O) groups excluding carboxylic acids is 1. The van der Waals surface area contributed by atoms with Crippen LogP contribution in [0.3, 0.4) is 0 Å². The lowest BCUT2D eigenvalue weighted by Gasteiger charge is -2.10. The number of hydrogen-bond donors (Lipinski definition) is 2. The maximum absolute atomic E-state index is 11.2. The van der Waals surface area contributed by atoms with Gasteiger partial charge >= 0.3 is 13.6 Å². The molecule has 0 unspecified atom stereocenters. The maximum Gasteiger partial charge on any atom is 0.359 e. The van der Waals surface area contributed by atoms with Gasteiger partial charge in [-0.1, -0.05) is 19.1 Å². The van der Waals surface area contributed by atoms with Crippen molar-refractivity contribution < 1.29 is 23.9 Å². The van der Waals surface area contributed by atoms with Crippen molar-refractivity contribution in [3.8, 4) is 5.75 Å². The average molecular weight is 244 g/mol. The summed E-state index contributed by atoms with van der Waals surface area (Å²) in [5.41, 5.74) is 0. The van der Waals surface area contributed by atoms with E-state index >= 15 is 0 Å². The van der Waals surface area contributed by atoms with Crippen LogP contribution in [0.2, 0.25) is 0 Å². The van der Waals surface area contributed by atoms with Gasteiger partial charge in [0.1, 0.15) is 11.1 Å². The predicted octanol–water partition coefficient (Wildman–Crippen LogP) is 1.20. The summed E-state index contributed by atoms with van der Waals surface area (Å²) in [6.45, 7) is 1.82. The molecule has 0 aliphatic heterocycles. The van der Waals surface area contributed by atoms with E-state index in [1.807, 2.05) is 6.92 Å². The molecule has 0 aliphatic rings. The topological polar surface area (TPSA) is 83.8 Å². The zero-order chi connectivity index (χ0) is 12.2. The molecule has 0 radical (unpaired) electrons. The molecule has 6 heteroatoms. The van der Waals surface area contributed by atoms with Gasteiger partial charge in [-0.2, -0.15) is 0 Å². The van der Waals surface area contributed by atoms with Crippen molar-refractivity contribution in [2.45, 2.75) is 19.8 Å². The SMILES string of the molecule is CCCC(=O)Oc1ccccc1P(=O)(O)O. The molecule has 0 spiro atoms. The van der Waals surface area contributed by atoms with Crippen LogP contribution in [0.4, 0.5) is 0 Å². The van der Waals surface area contributed by atoms with E-state index in [-0.39, 0.29) is 17.5 Å². The molecule has 0 amide bonds. The number of para-hydroxylation sites is 1. The van der Waals surface area contributed by atoms with Gasteiger partial charge in [-0.15, -0.1) is 0 Å². The van der Waals surface area contributed by atoms with Crippen molar-refractivity contribution in [2.75, 3.05) is 0 Å². The first-order valence-electron chi connectivity index (χ1n) is 4.81. The van der Waals surface area contributed by atoms with Gasteiger partial charge in [0.05, 0.1) is 0 Å². The minimum Gasteiger partial charge on any atom is -0.426 e. The highest BCUT2D eigenvalue weighted by atomic mass is 31.2. The van der Waals surface area contributed by atoms with Gasteiger partial charge in [-0.05, 0) is 18.6 Å². The molecule has 0 saturated heterocycles. The number of rotatable bonds is 4. The third-order valence-electron chi connectivity index (χ3n) is 1.86. The fourth-order valence-corrected chi connectivity index (χ4v) is 1.85. The molecule has 0 saturated carbocycles. The normalized spacial score (nSPS) is 11.2. The lowest BCUT2D eigenvalue weighted by molar-refractivity contribution is -0.134. The highest BCUT2D eigenvalue weighted by molar-refractivity contribution is 7.60. The Morgan fingerprint density at radius 3 is 2.56 bits per heavy atom. The Labute approximate surface area is 93.2 Å². The molecule has 0 aromatic heterocycles. The molecule has 2 N–H and O–H groups in total.